The van der Waals surface area contributed by atoms with Gasteiger partial charge in [-0.15, -0.1) is 0 Å². The summed E-state index contributed by atoms with van der Waals surface area (Å²) in [6.07, 6.45) is 2.92. The third kappa shape index (κ3) is 4.23. The van der Waals surface area contributed by atoms with Gasteiger partial charge in [-0.25, -0.2) is 9.37 Å². The molecule has 0 spiro atoms. The lowest BCUT2D eigenvalue weighted by atomic mass is 9.80. The van der Waals surface area contributed by atoms with E-state index in [1.165, 1.54) is 6.07 Å². The number of halogens is 1. The predicted molar refractivity (Wildman–Crippen MR) is 103 cm³/mol. The van der Waals surface area contributed by atoms with Crippen molar-refractivity contribution < 1.29 is 9.18 Å². The van der Waals surface area contributed by atoms with Crippen LogP contribution in [-0.2, 0) is 11.2 Å². The number of hydrogen-bond donors (Lipinski definition) is 3. The number of amides is 1. The van der Waals surface area contributed by atoms with Crippen LogP contribution >= 0.6 is 0 Å². The molecule has 2 aliphatic rings. The first kappa shape index (κ1) is 19.0. The number of nitrogens with zero attached hydrogens (tertiary/aromatic N) is 3. The number of hydrogen-bond acceptors (Lipinski definition) is 5. The van der Waals surface area contributed by atoms with E-state index < -0.39 is 0 Å². The molecule has 2 aliphatic heterocycles. The number of rotatable bonds is 5. The monoisotopic (exact) mass is 386 g/mol. The lowest BCUT2D eigenvalue weighted by molar-refractivity contribution is -0.132. The summed E-state index contributed by atoms with van der Waals surface area (Å²) in [5.74, 6) is 2.15. The van der Waals surface area contributed by atoms with Gasteiger partial charge in [-0.2, -0.15) is 5.10 Å². The van der Waals surface area contributed by atoms with Crippen LogP contribution in [0.1, 0.15) is 42.4 Å². The SMILES string of the molecule is Cc1nc(CCC(=O)N2CCC(C3NNCC3c3cccc(F)c3)CC2)n[nH]1. The van der Waals surface area contributed by atoms with Gasteiger partial charge in [0, 0.05) is 44.4 Å². The number of nitrogens with one attached hydrogen (secondary N) is 3. The first-order valence-corrected chi connectivity index (χ1v) is 9.99. The zero-order chi connectivity index (χ0) is 19.5. The molecule has 0 bridgehead atoms. The maximum absolute atomic E-state index is 13.6. The fourth-order valence-corrected chi connectivity index (χ4v) is 4.41. The molecule has 0 aliphatic carbocycles. The minimum absolute atomic E-state index is 0.167. The van der Waals surface area contributed by atoms with Crippen molar-refractivity contribution in [2.45, 2.75) is 44.6 Å². The molecule has 1 aromatic carbocycles. The van der Waals surface area contributed by atoms with Crippen LogP contribution in [0.25, 0.3) is 0 Å². The summed E-state index contributed by atoms with van der Waals surface area (Å²) < 4.78 is 13.6. The smallest absolute Gasteiger partial charge is 0.223 e. The van der Waals surface area contributed by atoms with Gasteiger partial charge in [0.15, 0.2) is 5.82 Å². The Bertz CT molecular complexity index is 817. The highest BCUT2D eigenvalue weighted by atomic mass is 19.1. The van der Waals surface area contributed by atoms with Crippen LogP contribution in [-0.4, -0.2) is 51.7 Å². The van der Waals surface area contributed by atoms with Crippen molar-refractivity contribution in [3.63, 3.8) is 0 Å². The van der Waals surface area contributed by atoms with Gasteiger partial charge in [0.2, 0.25) is 5.91 Å². The van der Waals surface area contributed by atoms with E-state index in [-0.39, 0.29) is 23.7 Å². The number of likely N-dealkylation sites (tertiary alicyclic amines) is 1. The molecule has 2 unspecified atom stereocenters. The number of carbonyl (C=O) groups excluding carboxylic acids is 1. The van der Waals surface area contributed by atoms with Gasteiger partial charge in [0.25, 0.3) is 0 Å². The van der Waals surface area contributed by atoms with E-state index in [2.05, 4.69) is 26.0 Å². The molecular formula is C20H27FN6O. The van der Waals surface area contributed by atoms with Crippen molar-refractivity contribution in [1.82, 2.24) is 30.9 Å². The molecule has 0 radical (unpaired) electrons. The Kier molecular flexibility index (Phi) is 5.68. The van der Waals surface area contributed by atoms with Crippen LogP contribution < -0.4 is 10.9 Å². The average Bonchev–Trinajstić information content (AvgIpc) is 3.35. The molecule has 4 rings (SSSR count). The molecule has 7 nitrogen and oxygen atoms in total. The molecule has 150 valence electrons. The van der Waals surface area contributed by atoms with E-state index in [1.807, 2.05) is 17.9 Å². The van der Waals surface area contributed by atoms with E-state index in [0.29, 0.717) is 24.6 Å². The minimum atomic E-state index is -0.190. The zero-order valence-electron chi connectivity index (χ0n) is 16.1. The summed E-state index contributed by atoms with van der Waals surface area (Å²) in [7, 11) is 0. The number of aromatic amines is 1. The highest BCUT2D eigenvalue weighted by molar-refractivity contribution is 5.76. The first-order valence-electron chi connectivity index (χ1n) is 9.99. The summed E-state index contributed by atoms with van der Waals surface area (Å²) >= 11 is 0. The van der Waals surface area contributed by atoms with Gasteiger partial charge in [-0.3, -0.25) is 20.7 Å². The van der Waals surface area contributed by atoms with Crippen LogP contribution in [0.3, 0.4) is 0 Å². The predicted octanol–water partition coefficient (Wildman–Crippen LogP) is 1.68. The molecule has 3 N–H and O–H groups in total. The minimum Gasteiger partial charge on any atom is -0.343 e. The Balaban J connectivity index is 1.30. The van der Waals surface area contributed by atoms with Crippen molar-refractivity contribution >= 4 is 5.91 Å². The van der Waals surface area contributed by atoms with Crippen LogP contribution in [0.15, 0.2) is 24.3 Å². The Hall–Kier alpha value is -2.32. The van der Waals surface area contributed by atoms with Gasteiger partial charge in [-0.1, -0.05) is 12.1 Å². The van der Waals surface area contributed by atoms with Gasteiger partial charge >= 0.3 is 0 Å². The van der Waals surface area contributed by atoms with Crippen LogP contribution in [0.5, 0.6) is 0 Å². The fraction of sp³-hybridized carbons (Fsp3) is 0.550. The van der Waals surface area contributed by atoms with Crippen LogP contribution in [0.4, 0.5) is 4.39 Å². The maximum atomic E-state index is 13.6. The normalized spacial score (nSPS) is 23.3. The van der Waals surface area contributed by atoms with E-state index in [1.54, 1.807) is 12.1 Å². The number of hydrazine groups is 1. The second kappa shape index (κ2) is 8.36. The highest BCUT2D eigenvalue weighted by Gasteiger charge is 2.36. The third-order valence-electron chi connectivity index (χ3n) is 5.91. The molecule has 1 aromatic heterocycles. The first-order chi connectivity index (χ1) is 13.6. The Morgan fingerprint density at radius 3 is 2.86 bits per heavy atom. The molecule has 3 heterocycles. The standard InChI is InChI=1S/C20H27FN6O/c1-13-23-18(25-24-13)5-6-19(28)27-9-7-14(8-10-27)20-17(12-22-26-20)15-3-2-4-16(21)11-15/h2-4,11,14,17,20,22,26H,5-10,12H2,1H3,(H,23,24,25). The number of aryl methyl sites for hydroxylation is 2. The summed E-state index contributed by atoms with van der Waals surface area (Å²) in [4.78, 5) is 18.7. The highest BCUT2D eigenvalue weighted by Crippen LogP contribution is 2.32. The van der Waals surface area contributed by atoms with E-state index in [4.69, 9.17) is 0 Å². The molecule has 1 amide bonds. The maximum Gasteiger partial charge on any atom is 0.223 e. The largest absolute Gasteiger partial charge is 0.343 e. The number of benzene rings is 1. The molecule has 2 fully saturated rings. The van der Waals surface area contributed by atoms with Crippen molar-refractivity contribution in [2.75, 3.05) is 19.6 Å². The van der Waals surface area contributed by atoms with Crippen LogP contribution in [0.2, 0.25) is 0 Å². The average molecular weight is 386 g/mol. The molecule has 8 heteroatoms. The van der Waals surface area contributed by atoms with Gasteiger partial charge < -0.3 is 4.90 Å². The van der Waals surface area contributed by atoms with Gasteiger partial charge in [0.1, 0.15) is 11.6 Å². The summed E-state index contributed by atoms with van der Waals surface area (Å²) in [5, 5.41) is 6.90. The molecule has 2 saturated heterocycles. The number of carbonyl (C=O) groups is 1. The van der Waals surface area contributed by atoms with Crippen LogP contribution in [0, 0.1) is 18.7 Å². The van der Waals surface area contributed by atoms with Crippen molar-refractivity contribution in [2.24, 2.45) is 5.92 Å². The molecular weight excluding hydrogens is 359 g/mol. The van der Waals surface area contributed by atoms with E-state index in [0.717, 1.165) is 43.9 Å². The summed E-state index contributed by atoms with van der Waals surface area (Å²) in [6.45, 7) is 4.19. The van der Waals surface area contributed by atoms with Crippen molar-refractivity contribution in [3.8, 4) is 0 Å². The Morgan fingerprint density at radius 1 is 1.32 bits per heavy atom. The molecule has 0 saturated carbocycles. The van der Waals surface area contributed by atoms with E-state index >= 15 is 0 Å². The third-order valence-corrected chi connectivity index (χ3v) is 5.91. The number of aromatic nitrogens is 3. The molecule has 2 aromatic rings. The Morgan fingerprint density at radius 2 is 2.14 bits per heavy atom. The second-order valence-electron chi connectivity index (χ2n) is 7.77. The number of H-pyrrole nitrogens is 1. The summed E-state index contributed by atoms with van der Waals surface area (Å²) in [6, 6.07) is 7.15. The van der Waals surface area contributed by atoms with Crippen molar-refractivity contribution in [3.05, 3.63) is 47.3 Å². The lowest BCUT2D eigenvalue weighted by Crippen LogP contribution is -2.45. The topological polar surface area (TPSA) is 85.9 Å². The van der Waals surface area contributed by atoms with Gasteiger partial charge in [0.05, 0.1) is 0 Å². The zero-order valence-corrected chi connectivity index (χ0v) is 16.1. The Labute approximate surface area is 164 Å². The quantitative estimate of drug-likeness (QED) is 0.728. The summed E-state index contributed by atoms with van der Waals surface area (Å²) in [5.41, 5.74) is 7.66. The van der Waals surface area contributed by atoms with Crippen molar-refractivity contribution in [1.29, 1.82) is 0 Å². The molecule has 2 atom stereocenters. The van der Waals surface area contributed by atoms with E-state index in [9.17, 15) is 9.18 Å². The second-order valence-corrected chi connectivity index (χ2v) is 7.77. The fourth-order valence-electron chi connectivity index (χ4n) is 4.41. The lowest BCUT2D eigenvalue weighted by Gasteiger charge is -2.36. The molecule has 28 heavy (non-hydrogen) atoms. The number of piperidine rings is 1. The van der Waals surface area contributed by atoms with Gasteiger partial charge in [-0.05, 0) is 43.4 Å².